The predicted octanol–water partition coefficient (Wildman–Crippen LogP) is 4.03. The van der Waals surface area contributed by atoms with E-state index in [0.717, 1.165) is 24.1 Å². The molecule has 0 radical (unpaired) electrons. The van der Waals surface area contributed by atoms with Crippen LogP contribution < -0.4 is 10.6 Å². The van der Waals surface area contributed by atoms with E-state index in [9.17, 15) is 9.18 Å². The molecule has 5 nitrogen and oxygen atoms in total. The lowest BCUT2D eigenvalue weighted by molar-refractivity contribution is 0.0949. The molecule has 1 fully saturated rings. The smallest absolute Gasteiger partial charge is 0.270 e. The molecule has 1 heterocycles. The maximum absolute atomic E-state index is 12.9. The van der Waals surface area contributed by atoms with Crippen LogP contribution in [0.1, 0.15) is 60.3 Å². The molecule has 3 rings (SSSR count). The van der Waals surface area contributed by atoms with Gasteiger partial charge in [-0.3, -0.25) is 4.79 Å². The highest BCUT2D eigenvalue weighted by molar-refractivity contribution is 5.92. The molecule has 0 spiro atoms. The third-order valence-corrected chi connectivity index (χ3v) is 4.89. The van der Waals surface area contributed by atoms with Gasteiger partial charge in [0.1, 0.15) is 11.5 Å². The molecule has 2 N–H and O–H groups in total. The van der Waals surface area contributed by atoms with Crippen molar-refractivity contribution in [3.8, 4) is 0 Å². The minimum atomic E-state index is -0.257. The van der Waals surface area contributed by atoms with Gasteiger partial charge in [-0.05, 0) is 49.9 Å². The van der Waals surface area contributed by atoms with E-state index in [1.165, 1.54) is 37.8 Å². The second-order valence-corrected chi connectivity index (χ2v) is 7.18. The molecule has 1 aromatic carbocycles. The summed E-state index contributed by atoms with van der Waals surface area (Å²) in [6, 6.07) is 8.39. The lowest BCUT2D eigenvalue weighted by Gasteiger charge is -2.17. The average Bonchev–Trinajstić information content (AvgIpc) is 2.91. The number of nitrogens with one attached hydrogen (secondary N) is 2. The SMILES string of the molecule is Cc1cc(C(=O)NCCc2ccc(F)cc2)nc(NC2CCCCCC2)n1. The Bertz CT molecular complexity index is 755. The zero-order valence-corrected chi connectivity index (χ0v) is 15.8. The van der Waals surface area contributed by atoms with E-state index in [1.807, 2.05) is 6.92 Å². The number of carbonyl (C=O) groups excluding carboxylic acids is 1. The summed E-state index contributed by atoms with van der Waals surface area (Å²) in [6.07, 6.45) is 7.90. The molecule has 1 saturated carbocycles. The highest BCUT2D eigenvalue weighted by atomic mass is 19.1. The van der Waals surface area contributed by atoms with Crippen molar-refractivity contribution in [3.05, 3.63) is 53.1 Å². The van der Waals surface area contributed by atoms with Crippen molar-refractivity contribution in [2.75, 3.05) is 11.9 Å². The number of anilines is 1. The predicted molar refractivity (Wildman–Crippen MR) is 104 cm³/mol. The van der Waals surface area contributed by atoms with Gasteiger partial charge in [0.25, 0.3) is 5.91 Å². The number of benzene rings is 1. The van der Waals surface area contributed by atoms with Gasteiger partial charge in [-0.2, -0.15) is 0 Å². The number of aryl methyl sites for hydroxylation is 1. The van der Waals surface area contributed by atoms with E-state index < -0.39 is 0 Å². The molecule has 27 heavy (non-hydrogen) atoms. The molecule has 1 aliphatic rings. The van der Waals surface area contributed by atoms with Gasteiger partial charge in [-0.15, -0.1) is 0 Å². The van der Waals surface area contributed by atoms with Gasteiger partial charge in [0.05, 0.1) is 0 Å². The summed E-state index contributed by atoms with van der Waals surface area (Å²) in [5.41, 5.74) is 2.12. The van der Waals surface area contributed by atoms with Gasteiger partial charge in [-0.1, -0.05) is 37.8 Å². The van der Waals surface area contributed by atoms with Crippen LogP contribution in [0.5, 0.6) is 0 Å². The normalized spacial score (nSPS) is 15.2. The summed E-state index contributed by atoms with van der Waals surface area (Å²) in [4.78, 5) is 21.3. The molecular weight excluding hydrogens is 343 g/mol. The number of nitrogens with zero attached hydrogens (tertiary/aromatic N) is 2. The molecule has 0 unspecified atom stereocenters. The molecule has 1 aromatic heterocycles. The third kappa shape index (κ3) is 6.01. The molecular formula is C21H27FN4O. The van der Waals surface area contributed by atoms with Crippen LogP contribution in [0.15, 0.2) is 30.3 Å². The molecule has 0 atom stereocenters. The highest BCUT2D eigenvalue weighted by Crippen LogP contribution is 2.20. The van der Waals surface area contributed by atoms with Crippen molar-refractivity contribution in [1.29, 1.82) is 0 Å². The molecule has 0 aliphatic heterocycles. The minimum absolute atomic E-state index is 0.216. The number of carbonyl (C=O) groups is 1. The first kappa shape index (κ1) is 19.3. The van der Waals surface area contributed by atoms with Crippen LogP contribution in [0.25, 0.3) is 0 Å². The summed E-state index contributed by atoms with van der Waals surface area (Å²) in [7, 11) is 0. The fourth-order valence-electron chi connectivity index (χ4n) is 3.42. The Morgan fingerprint density at radius 1 is 1.11 bits per heavy atom. The molecule has 2 aromatic rings. The van der Waals surface area contributed by atoms with Gasteiger partial charge < -0.3 is 10.6 Å². The van der Waals surface area contributed by atoms with Crippen LogP contribution in [0, 0.1) is 12.7 Å². The topological polar surface area (TPSA) is 66.9 Å². The number of amides is 1. The van der Waals surface area contributed by atoms with Crippen LogP contribution in [0.3, 0.4) is 0 Å². The van der Waals surface area contributed by atoms with Gasteiger partial charge in [0.2, 0.25) is 5.95 Å². The number of hydrogen-bond acceptors (Lipinski definition) is 4. The summed E-state index contributed by atoms with van der Waals surface area (Å²) >= 11 is 0. The molecule has 0 saturated heterocycles. The number of rotatable bonds is 6. The zero-order valence-electron chi connectivity index (χ0n) is 15.8. The first-order valence-electron chi connectivity index (χ1n) is 9.75. The maximum atomic E-state index is 12.9. The molecule has 1 aliphatic carbocycles. The third-order valence-electron chi connectivity index (χ3n) is 4.89. The summed E-state index contributed by atoms with van der Waals surface area (Å²) in [6.45, 7) is 2.34. The van der Waals surface area contributed by atoms with E-state index in [4.69, 9.17) is 0 Å². The molecule has 6 heteroatoms. The van der Waals surface area contributed by atoms with Gasteiger partial charge in [-0.25, -0.2) is 14.4 Å². The molecule has 0 bridgehead atoms. The minimum Gasteiger partial charge on any atom is -0.351 e. The van der Waals surface area contributed by atoms with Gasteiger partial charge >= 0.3 is 0 Å². The Kier molecular flexibility index (Phi) is 6.74. The van der Waals surface area contributed by atoms with Crippen LogP contribution in [-0.4, -0.2) is 28.5 Å². The molecule has 144 valence electrons. The Morgan fingerprint density at radius 3 is 2.52 bits per heavy atom. The van der Waals surface area contributed by atoms with Crippen LogP contribution >= 0.6 is 0 Å². The largest absolute Gasteiger partial charge is 0.351 e. The van der Waals surface area contributed by atoms with Crippen molar-refractivity contribution in [2.45, 2.75) is 57.9 Å². The van der Waals surface area contributed by atoms with E-state index >= 15 is 0 Å². The van der Waals surface area contributed by atoms with Gasteiger partial charge in [0.15, 0.2) is 0 Å². The standard InChI is InChI=1S/C21H27FN4O/c1-15-14-19(20(27)23-13-12-16-8-10-17(22)11-9-16)26-21(24-15)25-18-6-4-2-3-5-7-18/h8-11,14,18H,2-7,12-13H2,1H3,(H,23,27)(H,24,25,26). The summed E-state index contributed by atoms with van der Waals surface area (Å²) < 4.78 is 12.9. The van der Waals surface area contributed by atoms with E-state index in [-0.39, 0.29) is 11.7 Å². The first-order chi connectivity index (χ1) is 13.1. The fourth-order valence-corrected chi connectivity index (χ4v) is 3.42. The second kappa shape index (κ2) is 9.44. The van der Waals surface area contributed by atoms with E-state index in [2.05, 4.69) is 20.6 Å². The molecule has 1 amide bonds. The van der Waals surface area contributed by atoms with Crippen molar-refractivity contribution in [2.24, 2.45) is 0 Å². The zero-order chi connectivity index (χ0) is 19.1. The van der Waals surface area contributed by atoms with E-state index in [1.54, 1.807) is 18.2 Å². The Hall–Kier alpha value is -2.50. The lowest BCUT2D eigenvalue weighted by atomic mass is 10.1. The second-order valence-electron chi connectivity index (χ2n) is 7.18. The summed E-state index contributed by atoms with van der Waals surface area (Å²) in [5.74, 6) is 0.0602. The number of aromatic nitrogens is 2. The maximum Gasteiger partial charge on any atom is 0.270 e. The summed E-state index contributed by atoms with van der Waals surface area (Å²) in [5, 5.41) is 6.29. The van der Waals surface area contributed by atoms with Crippen molar-refractivity contribution < 1.29 is 9.18 Å². The Morgan fingerprint density at radius 2 is 1.81 bits per heavy atom. The van der Waals surface area contributed by atoms with E-state index in [0.29, 0.717) is 30.6 Å². The van der Waals surface area contributed by atoms with Crippen LogP contribution in [0.4, 0.5) is 10.3 Å². The van der Waals surface area contributed by atoms with Crippen LogP contribution in [-0.2, 0) is 6.42 Å². The van der Waals surface area contributed by atoms with Crippen molar-refractivity contribution in [3.63, 3.8) is 0 Å². The van der Waals surface area contributed by atoms with Crippen molar-refractivity contribution in [1.82, 2.24) is 15.3 Å². The number of halogens is 1. The van der Waals surface area contributed by atoms with Gasteiger partial charge in [0, 0.05) is 18.3 Å². The lowest BCUT2D eigenvalue weighted by Crippen LogP contribution is -2.28. The number of hydrogen-bond donors (Lipinski definition) is 2. The average molecular weight is 370 g/mol. The monoisotopic (exact) mass is 370 g/mol. The van der Waals surface area contributed by atoms with Crippen molar-refractivity contribution >= 4 is 11.9 Å². The quantitative estimate of drug-likeness (QED) is 0.754. The van der Waals surface area contributed by atoms with Crippen LogP contribution in [0.2, 0.25) is 0 Å². The first-order valence-corrected chi connectivity index (χ1v) is 9.75. The Labute approximate surface area is 159 Å². The fraction of sp³-hybridized carbons (Fsp3) is 0.476. The Balaban J connectivity index is 1.57. The highest BCUT2D eigenvalue weighted by Gasteiger charge is 2.15.